The van der Waals surface area contributed by atoms with Crippen LogP contribution in [0, 0.1) is 12.3 Å². The normalized spacial score (nSPS) is 16.1. The molecular formula is C24H23N3O2. The molecule has 5 nitrogen and oxygen atoms in total. The Bertz CT molecular complexity index is 1090. The smallest absolute Gasteiger partial charge is 0.408 e. The Kier molecular flexibility index (Phi) is 5.46. The lowest BCUT2D eigenvalue weighted by molar-refractivity contribution is 0.196. The zero-order valence-electron chi connectivity index (χ0n) is 16.3. The number of nitrogens with zero attached hydrogens (tertiary/aromatic N) is 1. The molecule has 2 atom stereocenters. The van der Waals surface area contributed by atoms with E-state index in [4.69, 9.17) is 11.2 Å². The van der Waals surface area contributed by atoms with Crippen molar-refractivity contribution in [2.24, 2.45) is 0 Å². The zero-order valence-corrected chi connectivity index (χ0v) is 16.3. The number of carbonyl (C=O) groups is 1. The van der Waals surface area contributed by atoms with Crippen LogP contribution in [0.25, 0.3) is 10.9 Å². The summed E-state index contributed by atoms with van der Waals surface area (Å²) in [5, 5.41) is 7.19. The minimum atomic E-state index is -0.467. The van der Waals surface area contributed by atoms with Gasteiger partial charge in [0.1, 0.15) is 5.52 Å². The summed E-state index contributed by atoms with van der Waals surface area (Å²) >= 11 is 0. The Balaban J connectivity index is 1.51. The third-order valence-electron chi connectivity index (χ3n) is 5.30. The number of aryl methyl sites for hydroxylation is 1. The molecular weight excluding hydrogens is 362 g/mol. The summed E-state index contributed by atoms with van der Waals surface area (Å²) in [6.45, 7) is 2.54. The fraction of sp³-hybridized carbons (Fsp3) is 0.250. The molecule has 0 spiro atoms. The van der Waals surface area contributed by atoms with Crippen LogP contribution in [0.2, 0.25) is 0 Å². The van der Waals surface area contributed by atoms with Crippen LogP contribution in [-0.4, -0.2) is 17.1 Å². The lowest BCUT2D eigenvalue weighted by Gasteiger charge is -2.16. The number of hydrogen-bond donors (Lipinski definition) is 2. The molecule has 1 heterocycles. The van der Waals surface area contributed by atoms with Gasteiger partial charge in [0.05, 0.1) is 12.1 Å². The molecule has 0 bridgehead atoms. The Morgan fingerprint density at radius 2 is 2.14 bits per heavy atom. The van der Waals surface area contributed by atoms with Crippen LogP contribution in [0.1, 0.15) is 36.1 Å². The predicted molar refractivity (Wildman–Crippen MR) is 114 cm³/mol. The van der Waals surface area contributed by atoms with Gasteiger partial charge in [0.2, 0.25) is 0 Å². The van der Waals surface area contributed by atoms with E-state index in [2.05, 4.69) is 33.7 Å². The van der Waals surface area contributed by atoms with Crippen molar-refractivity contribution in [1.82, 2.24) is 15.6 Å². The van der Waals surface area contributed by atoms with E-state index in [1.165, 1.54) is 5.56 Å². The first-order chi connectivity index (χ1) is 14.2. The van der Waals surface area contributed by atoms with Gasteiger partial charge >= 0.3 is 6.09 Å². The van der Waals surface area contributed by atoms with Gasteiger partial charge in [-0.3, -0.25) is 10.3 Å². The minimum absolute atomic E-state index is 0.0216. The molecule has 1 unspecified atom stereocenters. The first kappa shape index (κ1) is 19.0. The summed E-state index contributed by atoms with van der Waals surface area (Å²) in [5.74, 6) is 3.10. The fourth-order valence-corrected chi connectivity index (χ4v) is 3.74. The summed E-state index contributed by atoms with van der Waals surface area (Å²) in [7, 11) is 0. The van der Waals surface area contributed by atoms with Gasteiger partial charge < -0.3 is 10.1 Å². The van der Waals surface area contributed by atoms with Gasteiger partial charge in [0.15, 0.2) is 5.75 Å². The van der Waals surface area contributed by atoms with E-state index in [0.717, 1.165) is 29.4 Å². The summed E-state index contributed by atoms with van der Waals surface area (Å²) < 4.78 is 5.64. The maximum atomic E-state index is 12.6. The van der Waals surface area contributed by atoms with Crippen molar-refractivity contribution in [1.29, 1.82) is 0 Å². The molecule has 29 heavy (non-hydrogen) atoms. The summed E-state index contributed by atoms with van der Waals surface area (Å²) in [6.07, 6.45) is 8.51. The Hall–Kier alpha value is -3.36. The average Bonchev–Trinajstić information content (AvgIpc) is 3.15. The molecule has 3 aromatic rings. The number of fused-ring (bicyclic) bond motifs is 2. The Morgan fingerprint density at radius 3 is 3.00 bits per heavy atom. The molecule has 4 rings (SSSR count). The van der Waals surface area contributed by atoms with Gasteiger partial charge in [-0.2, -0.15) is 0 Å². The van der Waals surface area contributed by atoms with Gasteiger partial charge in [-0.1, -0.05) is 42.3 Å². The monoisotopic (exact) mass is 385 g/mol. The number of pyridine rings is 1. The first-order valence-electron chi connectivity index (χ1n) is 9.78. The van der Waals surface area contributed by atoms with Gasteiger partial charge in [0.25, 0.3) is 0 Å². The molecule has 1 amide bonds. The molecule has 146 valence electrons. The highest BCUT2D eigenvalue weighted by Crippen LogP contribution is 2.31. The second kappa shape index (κ2) is 8.34. The van der Waals surface area contributed by atoms with Crippen LogP contribution >= 0.6 is 0 Å². The van der Waals surface area contributed by atoms with Gasteiger partial charge in [-0.05, 0) is 48.6 Å². The van der Waals surface area contributed by atoms with Gasteiger partial charge in [-0.15, -0.1) is 6.42 Å². The summed E-state index contributed by atoms with van der Waals surface area (Å²) in [4.78, 5) is 17.0. The number of ether oxygens (including phenoxy) is 1. The maximum absolute atomic E-state index is 12.6. The van der Waals surface area contributed by atoms with Gasteiger partial charge in [-0.25, -0.2) is 4.79 Å². The van der Waals surface area contributed by atoms with Crippen LogP contribution in [0.5, 0.6) is 5.75 Å². The molecule has 1 aliphatic carbocycles. The molecule has 1 aromatic heterocycles. The molecule has 0 aliphatic heterocycles. The van der Waals surface area contributed by atoms with Gasteiger partial charge in [0, 0.05) is 18.1 Å². The van der Waals surface area contributed by atoms with Crippen LogP contribution in [0.3, 0.4) is 0 Å². The lowest BCUT2D eigenvalue weighted by atomic mass is 10.1. The van der Waals surface area contributed by atoms with Crippen molar-refractivity contribution in [2.75, 3.05) is 0 Å². The van der Waals surface area contributed by atoms with E-state index >= 15 is 0 Å². The van der Waals surface area contributed by atoms with Crippen LogP contribution in [0.15, 0.2) is 54.7 Å². The van der Waals surface area contributed by atoms with Crippen molar-refractivity contribution in [3.8, 4) is 18.1 Å². The fourth-order valence-electron chi connectivity index (χ4n) is 3.74. The first-order valence-corrected chi connectivity index (χ1v) is 9.78. The number of benzene rings is 2. The lowest BCUT2D eigenvalue weighted by Crippen LogP contribution is -2.30. The molecule has 0 saturated heterocycles. The third kappa shape index (κ3) is 4.08. The average molecular weight is 385 g/mol. The number of terminal acetylenes is 1. The predicted octanol–water partition coefficient (Wildman–Crippen LogP) is 4.12. The molecule has 0 fully saturated rings. The minimum Gasteiger partial charge on any atom is -0.408 e. The van der Waals surface area contributed by atoms with E-state index < -0.39 is 6.09 Å². The number of hydrogen-bond acceptors (Lipinski definition) is 4. The Morgan fingerprint density at radius 1 is 1.28 bits per heavy atom. The van der Waals surface area contributed by atoms with E-state index in [1.54, 1.807) is 12.3 Å². The van der Waals surface area contributed by atoms with E-state index in [0.29, 0.717) is 17.8 Å². The number of carbonyl (C=O) groups excluding carboxylic acids is 1. The second-order valence-corrected chi connectivity index (χ2v) is 7.22. The van der Waals surface area contributed by atoms with Crippen LogP contribution in [-0.2, 0) is 13.0 Å². The van der Waals surface area contributed by atoms with Crippen molar-refractivity contribution in [3.05, 3.63) is 71.4 Å². The van der Waals surface area contributed by atoms with Crippen molar-refractivity contribution < 1.29 is 9.53 Å². The SMILES string of the molecule is C#C[C@H](C)NCc1ccc(OC(=O)NC2CCc3ccccc32)c2ncccc12. The molecule has 0 radical (unpaired) electrons. The standard InChI is InChI=1S/C24H23N3O2/c1-3-16(2)26-15-18-11-13-22(23-20(18)9-6-14-25-23)29-24(28)27-21-12-10-17-7-4-5-8-19(17)21/h1,4-9,11,13-14,16,21,26H,10,12,15H2,2H3,(H,27,28)/t16-,21?/m0/s1. The van der Waals surface area contributed by atoms with Crippen LogP contribution < -0.4 is 15.4 Å². The maximum Gasteiger partial charge on any atom is 0.413 e. The number of nitrogens with one attached hydrogen (secondary N) is 2. The van der Waals surface area contributed by atoms with E-state index in [9.17, 15) is 4.79 Å². The Labute approximate surface area is 170 Å². The highest BCUT2D eigenvalue weighted by molar-refractivity contribution is 5.89. The topological polar surface area (TPSA) is 63.2 Å². The third-order valence-corrected chi connectivity index (χ3v) is 5.30. The molecule has 0 saturated carbocycles. The molecule has 2 N–H and O–H groups in total. The number of amides is 1. The second-order valence-electron chi connectivity index (χ2n) is 7.22. The van der Waals surface area contributed by atoms with Crippen molar-refractivity contribution in [3.63, 3.8) is 0 Å². The molecule has 5 heteroatoms. The highest BCUT2D eigenvalue weighted by atomic mass is 16.6. The van der Waals surface area contributed by atoms with Crippen molar-refractivity contribution >= 4 is 17.0 Å². The summed E-state index contributed by atoms with van der Waals surface area (Å²) in [5.41, 5.74) is 4.15. The largest absolute Gasteiger partial charge is 0.413 e. The van der Waals surface area contributed by atoms with Crippen molar-refractivity contribution in [2.45, 2.75) is 38.4 Å². The molecule has 2 aromatic carbocycles. The molecule has 1 aliphatic rings. The zero-order chi connectivity index (χ0) is 20.2. The summed E-state index contributed by atoms with van der Waals surface area (Å²) in [6, 6.07) is 15.7. The van der Waals surface area contributed by atoms with E-state index in [-0.39, 0.29) is 12.1 Å². The quantitative estimate of drug-likeness (QED) is 0.649. The van der Waals surface area contributed by atoms with E-state index in [1.807, 2.05) is 37.3 Å². The van der Waals surface area contributed by atoms with Crippen LogP contribution in [0.4, 0.5) is 4.79 Å². The number of rotatable bonds is 5. The number of aromatic nitrogens is 1. The highest BCUT2D eigenvalue weighted by Gasteiger charge is 2.24.